The minimum Gasteiger partial charge on any atom is -0.340 e. The molecule has 4 aromatic rings. The van der Waals surface area contributed by atoms with Gasteiger partial charge in [0.2, 0.25) is 5.95 Å². The second kappa shape index (κ2) is 8.91. The summed E-state index contributed by atoms with van der Waals surface area (Å²) in [5, 5.41) is 5.05. The van der Waals surface area contributed by atoms with Gasteiger partial charge in [-0.15, -0.1) is 0 Å². The smallest absolute Gasteiger partial charge is 0.266 e. The van der Waals surface area contributed by atoms with E-state index in [0.29, 0.717) is 30.1 Å². The highest BCUT2D eigenvalue weighted by Gasteiger charge is 2.21. The Kier molecular flexibility index (Phi) is 5.66. The molecule has 0 unspecified atom stereocenters. The summed E-state index contributed by atoms with van der Waals surface area (Å²) in [5.74, 6) is 0.633. The molecule has 33 heavy (non-hydrogen) atoms. The predicted octanol–water partition coefficient (Wildman–Crippen LogP) is 0.769. The molecular formula is C23H24N8O2. The molecule has 1 aliphatic heterocycles. The van der Waals surface area contributed by atoms with Crippen molar-refractivity contribution >= 4 is 17.0 Å². The molecule has 0 N–H and O–H groups in total. The second-order valence-corrected chi connectivity index (χ2v) is 8.00. The second-order valence-electron chi connectivity index (χ2n) is 8.00. The average molecular weight is 444 g/mol. The first kappa shape index (κ1) is 21.0. The summed E-state index contributed by atoms with van der Waals surface area (Å²) >= 11 is 0. The summed E-state index contributed by atoms with van der Waals surface area (Å²) in [5.41, 5.74) is 1.94. The van der Waals surface area contributed by atoms with E-state index in [2.05, 4.69) is 29.9 Å². The van der Waals surface area contributed by atoms with Gasteiger partial charge in [0.05, 0.1) is 17.6 Å². The van der Waals surface area contributed by atoms with Crippen LogP contribution in [0.5, 0.6) is 0 Å². The molecule has 5 rings (SSSR count). The molecule has 10 heteroatoms. The predicted molar refractivity (Wildman–Crippen MR) is 125 cm³/mol. The van der Waals surface area contributed by atoms with Crippen molar-refractivity contribution in [1.29, 1.82) is 0 Å². The topological polar surface area (TPSA) is 102 Å². The molecule has 0 radical (unpaired) electrons. The lowest BCUT2D eigenvalue weighted by molar-refractivity contribution is 0.241. The first-order chi connectivity index (χ1) is 16.1. The SMILES string of the molecule is Cn1c(N2CCN(CCn3nc(-c4ccncc4)ccc3=O)CC2)nc2ncccc2c1=O. The largest absolute Gasteiger partial charge is 0.340 e. The Morgan fingerprint density at radius 3 is 2.48 bits per heavy atom. The van der Waals surface area contributed by atoms with E-state index >= 15 is 0 Å². The number of pyridine rings is 2. The number of piperazine rings is 1. The zero-order valence-electron chi connectivity index (χ0n) is 18.3. The number of rotatable bonds is 5. The first-order valence-corrected chi connectivity index (χ1v) is 10.9. The van der Waals surface area contributed by atoms with Gasteiger partial charge in [0.25, 0.3) is 11.1 Å². The van der Waals surface area contributed by atoms with E-state index in [1.165, 1.54) is 4.68 Å². The highest BCUT2D eigenvalue weighted by molar-refractivity contribution is 5.74. The van der Waals surface area contributed by atoms with Crippen LogP contribution in [0.3, 0.4) is 0 Å². The van der Waals surface area contributed by atoms with Gasteiger partial charge in [-0.3, -0.25) is 24.0 Å². The summed E-state index contributed by atoms with van der Waals surface area (Å²) < 4.78 is 3.11. The molecule has 0 amide bonds. The lowest BCUT2D eigenvalue weighted by atomic mass is 10.2. The van der Waals surface area contributed by atoms with Gasteiger partial charge in [-0.2, -0.15) is 10.1 Å². The maximum absolute atomic E-state index is 12.7. The lowest BCUT2D eigenvalue weighted by Crippen LogP contribution is -2.49. The molecule has 10 nitrogen and oxygen atoms in total. The van der Waals surface area contributed by atoms with Crippen molar-refractivity contribution in [2.24, 2.45) is 7.05 Å². The van der Waals surface area contributed by atoms with Gasteiger partial charge in [0, 0.05) is 70.0 Å². The average Bonchev–Trinajstić information content (AvgIpc) is 2.87. The van der Waals surface area contributed by atoms with E-state index in [1.54, 1.807) is 54.5 Å². The molecule has 0 atom stereocenters. The molecule has 1 saturated heterocycles. The van der Waals surface area contributed by atoms with Gasteiger partial charge in [-0.1, -0.05) is 0 Å². The van der Waals surface area contributed by atoms with Crippen LogP contribution < -0.4 is 16.0 Å². The van der Waals surface area contributed by atoms with E-state index < -0.39 is 0 Å². The van der Waals surface area contributed by atoms with Crippen LogP contribution >= 0.6 is 0 Å². The quantitative estimate of drug-likeness (QED) is 0.445. The maximum atomic E-state index is 12.7. The summed E-state index contributed by atoms with van der Waals surface area (Å²) in [6, 6.07) is 10.5. The zero-order valence-corrected chi connectivity index (χ0v) is 18.3. The van der Waals surface area contributed by atoms with Crippen LogP contribution in [0.1, 0.15) is 0 Å². The summed E-state index contributed by atoms with van der Waals surface area (Å²) in [6.45, 7) is 4.29. The van der Waals surface area contributed by atoms with Crippen molar-refractivity contribution < 1.29 is 0 Å². The fraction of sp³-hybridized carbons (Fsp3) is 0.304. The Balaban J connectivity index is 1.25. The van der Waals surface area contributed by atoms with Crippen molar-refractivity contribution in [2.45, 2.75) is 6.54 Å². The number of nitrogens with zero attached hydrogens (tertiary/aromatic N) is 8. The van der Waals surface area contributed by atoms with Crippen molar-refractivity contribution in [2.75, 3.05) is 37.6 Å². The minimum absolute atomic E-state index is 0.0925. The van der Waals surface area contributed by atoms with Crippen LogP contribution in [0.2, 0.25) is 0 Å². The third-order valence-corrected chi connectivity index (χ3v) is 5.95. The van der Waals surface area contributed by atoms with Crippen LogP contribution in [0.25, 0.3) is 22.3 Å². The van der Waals surface area contributed by atoms with Gasteiger partial charge >= 0.3 is 0 Å². The summed E-state index contributed by atoms with van der Waals surface area (Å²) in [4.78, 5) is 42.3. The van der Waals surface area contributed by atoms with Gasteiger partial charge in [0.15, 0.2) is 5.65 Å². The Bertz CT molecular complexity index is 1390. The van der Waals surface area contributed by atoms with Crippen LogP contribution in [0.15, 0.2) is 64.6 Å². The molecular weight excluding hydrogens is 420 g/mol. The third kappa shape index (κ3) is 4.24. The molecule has 1 fully saturated rings. The fourth-order valence-corrected chi connectivity index (χ4v) is 4.07. The van der Waals surface area contributed by atoms with Crippen LogP contribution in [0.4, 0.5) is 5.95 Å². The van der Waals surface area contributed by atoms with Gasteiger partial charge in [-0.25, -0.2) is 9.67 Å². The van der Waals surface area contributed by atoms with E-state index in [-0.39, 0.29) is 11.1 Å². The highest BCUT2D eigenvalue weighted by Crippen LogP contribution is 2.15. The van der Waals surface area contributed by atoms with E-state index in [1.807, 2.05) is 12.1 Å². The first-order valence-electron chi connectivity index (χ1n) is 10.9. The standard InChI is InChI=1S/C23H24N8O2/c1-28-22(33)18-3-2-8-25-21(18)26-23(28)30-14-11-29(12-15-30)13-16-31-20(32)5-4-19(27-31)17-6-9-24-10-7-17/h2-10H,11-16H2,1H3. The number of anilines is 1. The van der Waals surface area contributed by atoms with Gasteiger partial charge in [0.1, 0.15) is 0 Å². The lowest BCUT2D eigenvalue weighted by Gasteiger charge is -2.35. The van der Waals surface area contributed by atoms with Crippen molar-refractivity contribution in [3.63, 3.8) is 0 Å². The summed E-state index contributed by atoms with van der Waals surface area (Å²) in [7, 11) is 1.75. The van der Waals surface area contributed by atoms with Crippen LogP contribution in [-0.4, -0.2) is 66.9 Å². The van der Waals surface area contributed by atoms with Gasteiger partial charge < -0.3 is 4.90 Å². The van der Waals surface area contributed by atoms with E-state index in [4.69, 9.17) is 0 Å². The number of fused-ring (bicyclic) bond motifs is 1. The maximum Gasteiger partial charge on any atom is 0.266 e. The number of hydrogen-bond acceptors (Lipinski definition) is 8. The Labute approximate surface area is 189 Å². The molecule has 168 valence electrons. The van der Waals surface area contributed by atoms with E-state index in [0.717, 1.165) is 37.4 Å². The van der Waals surface area contributed by atoms with Crippen molar-refractivity contribution in [1.82, 2.24) is 34.2 Å². The normalized spacial score (nSPS) is 14.6. The fourth-order valence-electron chi connectivity index (χ4n) is 4.07. The highest BCUT2D eigenvalue weighted by atomic mass is 16.1. The Morgan fingerprint density at radius 1 is 0.909 bits per heavy atom. The van der Waals surface area contributed by atoms with E-state index in [9.17, 15) is 9.59 Å². The molecule has 0 aromatic carbocycles. The third-order valence-electron chi connectivity index (χ3n) is 5.95. The van der Waals surface area contributed by atoms with Crippen LogP contribution in [0, 0.1) is 0 Å². The van der Waals surface area contributed by atoms with Crippen LogP contribution in [-0.2, 0) is 13.6 Å². The Morgan fingerprint density at radius 2 is 1.70 bits per heavy atom. The monoisotopic (exact) mass is 444 g/mol. The number of aromatic nitrogens is 6. The molecule has 4 aromatic heterocycles. The summed E-state index contributed by atoms with van der Waals surface area (Å²) in [6.07, 6.45) is 5.07. The van der Waals surface area contributed by atoms with Gasteiger partial charge in [-0.05, 0) is 30.3 Å². The van der Waals surface area contributed by atoms with Crippen molar-refractivity contribution in [3.8, 4) is 11.3 Å². The molecule has 0 aliphatic carbocycles. The minimum atomic E-state index is -0.116. The molecule has 0 saturated carbocycles. The molecule has 0 bridgehead atoms. The van der Waals surface area contributed by atoms with Crippen molar-refractivity contribution in [3.05, 3.63) is 75.7 Å². The molecule has 0 spiro atoms. The molecule has 5 heterocycles. The zero-order chi connectivity index (χ0) is 22.8. The number of hydrogen-bond donors (Lipinski definition) is 0. The molecule has 1 aliphatic rings. The Hall–Kier alpha value is -3.92.